The Balaban J connectivity index is 1.45. The fourth-order valence-corrected chi connectivity index (χ4v) is 6.25. The molecule has 0 aliphatic carbocycles. The van der Waals surface area contributed by atoms with Crippen LogP contribution >= 0.6 is 0 Å². The molecule has 0 N–H and O–H groups in total. The monoisotopic (exact) mass is 427 g/mol. The first-order valence-corrected chi connectivity index (χ1v) is 11.7. The number of rotatable bonds is 5. The van der Waals surface area contributed by atoms with E-state index in [1.165, 1.54) is 0 Å². The van der Waals surface area contributed by atoms with E-state index in [0.29, 0.717) is 18.2 Å². The van der Waals surface area contributed by atoms with Gasteiger partial charge in [0.05, 0.1) is 18.9 Å². The van der Waals surface area contributed by atoms with Gasteiger partial charge in [0.15, 0.2) is 0 Å². The number of amides is 2. The molecule has 3 heterocycles. The van der Waals surface area contributed by atoms with Crippen molar-refractivity contribution in [1.82, 2.24) is 14.7 Å². The zero-order valence-electron chi connectivity index (χ0n) is 19.5. The lowest BCUT2D eigenvalue weighted by molar-refractivity contribution is -0.143. The van der Waals surface area contributed by atoms with Crippen molar-refractivity contribution in [1.29, 1.82) is 0 Å². The Bertz CT molecular complexity index is 814. The molecule has 4 rings (SSSR count). The molecule has 0 bridgehead atoms. The van der Waals surface area contributed by atoms with Crippen molar-refractivity contribution in [3.8, 4) is 5.75 Å². The van der Waals surface area contributed by atoms with Crippen LogP contribution in [0.5, 0.6) is 5.75 Å². The number of carbonyl (C=O) groups is 2. The maximum Gasteiger partial charge on any atom is 0.230 e. The highest BCUT2D eigenvalue weighted by Crippen LogP contribution is 2.57. The predicted octanol–water partition coefficient (Wildman–Crippen LogP) is 2.67. The lowest BCUT2D eigenvalue weighted by atomic mass is 9.60. The van der Waals surface area contributed by atoms with E-state index >= 15 is 0 Å². The van der Waals surface area contributed by atoms with Crippen molar-refractivity contribution in [2.24, 2.45) is 16.7 Å². The summed E-state index contributed by atoms with van der Waals surface area (Å²) in [5.41, 5.74) is 0.752. The third-order valence-corrected chi connectivity index (χ3v) is 7.88. The van der Waals surface area contributed by atoms with Crippen LogP contribution in [0.4, 0.5) is 0 Å². The first-order valence-electron chi connectivity index (χ1n) is 11.7. The van der Waals surface area contributed by atoms with E-state index in [-0.39, 0.29) is 16.7 Å². The molecule has 1 aromatic carbocycles. The highest BCUT2D eigenvalue weighted by molar-refractivity contribution is 5.86. The van der Waals surface area contributed by atoms with Gasteiger partial charge in [-0.05, 0) is 42.9 Å². The first kappa shape index (κ1) is 22.1. The molecule has 1 unspecified atom stereocenters. The number of methoxy groups -OCH3 is 1. The summed E-state index contributed by atoms with van der Waals surface area (Å²) >= 11 is 0. The van der Waals surface area contributed by atoms with Gasteiger partial charge in [0, 0.05) is 51.7 Å². The second kappa shape index (κ2) is 8.45. The SMILES string of the molecule is COc1ccc(CC(=O)N2CCC3(CC2)CN(CC(C)C)CC32CCN(C)C2=O)cc1. The van der Waals surface area contributed by atoms with Crippen LogP contribution < -0.4 is 4.74 Å². The highest BCUT2D eigenvalue weighted by atomic mass is 16.5. The molecule has 6 nitrogen and oxygen atoms in total. The van der Waals surface area contributed by atoms with Gasteiger partial charge in [-0.1, -0.05) is 26.0 Å². The third-order valence-electron chi connectivity index (χ3n) is 7.88. The van der Waals surface area contributed by atoms with Gasteiger partial charge in [-0.15, -0.1) is 0 Å². The van der Waals surface area contributed by atoms with Gasteiger partial charge in [0.2, 0.25) is 11.8 Å². The van der Waals surface area contributed by atoms with Crippen molar-refractivity contribution in [2.45, 2.75) is 39.5 Å². The van der Waals surface area contributed by atoms with Gasteiger partial charge in [-0.3, -0.25) is 9.59 Å². The van der Waals surface area contributed by atoms with Gasteiger partial charge < -0.3 is 19.4 Å². The van der Waals surface area contributed by atoms with Crippen molar-refractivity contribution in [2.75, 3.05) is 53.4 Å². The number of carbonyl (C=O) groups excluding carboxylic acids is 2. The highest BCUT2D eigenvalue weighted by Gasteiger charge is 2.64. The second-order valence-corrected chi connectivity index (χ2v) is 10.3. The average Bonchev–Trinajstić information content (AvgIpc) is 3.20. The Morgan fingerprint density at radius 2 is 1.74 bits per heavy atom. The Morgan fingerprint density at radius 3 is 2.29 bits per heavy atom. The van der Waals surface area contributed by atoms with Crippen molar-refractivity contribution in [3.05, 3.63) is 29.8 Å². The van der Waals surface area contributed by atoms with E-state index in [0.717, 1.165) is 69.8 Å². The number of benzene rings is 1. The standard InChI is InChI=1S/C25H37N3O3/c1-19(2)16-27-17-24(25(18-27)11-12-26(3)23(25)30)9-13-28(14-10-24)22(29)15-20-5-7-21(31-4)8-6-20/h5-8,19H,9-18H2,1-4H3. The zero-order valence-corrected chi connectivity index (χ0v) is 19.5. The van der Waals surface area contributed by atoms with Crippen LogP contribution in [0.3, 0.4) is 0 Å². The third kappa shape index (κ3) is 3.95. The van der Waals surface area contributed by atoms with E-state index in [9.17, 15) is 9.59 Å². The summed E-state index contributed by atoms with van der Waals surface area (Å²) in [6.07, 6.45) is 3.23. The van der Waals surface area contributed by atoms with E-state index in [1.807, 2.05) is 41.1 Å². The Morgan fingerprint density at radius 1 is 1.06 bits per heavy atom. The predicted molar refractivity (Wildman–Crippen MR) is 121 cm³/mol. The van der Waals surface area contributed by atoms with Crippen molar-refractivity contribution in [3.63, 3.8) is 0 Å². The smallest absolute Gasteiger partial charge is 0.230 e. The topological polar surface area (TPSA) is 53.1 Å². The number of hydrogen-bond donors (Lipinski definition) is 0. The summed E-state index contributed by atoms with van der Waals surface area (Å²) in [6, 6.07) is 7.74. The minimum Gasteiger partial charge on any atom is -0.497 e. The van der Waals surface area contributed by atoms with Crippen LogP contribution in [0.1, 0.15) is 38.7 Å². The molecular weight excluding hydrogens is 390 g/mol. The van der Waals surface area contributed by atoms with Gasteiger partial charge in [0.1, 0.15) is 5.75 Å². The molecule has 0 radical (unpaired) electrons. The van der Waals surface area contributed by atoms with E-state index in [4.69, 9.17) is 4.74 Å². The Labute approximate surface area is 186 Å². The minimum absolute atomic E-state index is 0.000621. The van der Waals surface area contributed by atoms with E-state index < -0.39 is 0 Å². The summed E-state index contributed by atoms with van der Waals surface area (Å²) in [5, 5.41) is 0. The Kier molecular flexibility index (Phi) is 6.03. The summed E-state index contributed by atoms with van der Waals surface area (Å²) in [4.78, 5) is 32.8. The lowest BCUT2D eigenvalue weighted by Crippen LogP contribution is -2.53. The zero-order chi connectivity index (χ0) is 22.2. The van der Waals surface area contributed by atoms with Crippen LogP contribution in [0.25, 0.3) is 0 Å². The molecule has 2 spiro atoms. The van der Waals surface area contributed by atoms with Crippen LogP contribution in [0.15, 0.2) is 24.3 Å². The quantitative estimate of drug-likeness (QED) is 0.725. The minimum atomic E-state index is -0.262. The molecule has 0 aromatic heterocycles. The number of hydrogen-bond acceptors (Lipinski definition) is 4. The largest absolute Gasteiger partial charge is 0.497 e. The molecule has 0 saturated carbocycles. The molecule has 3 aliphatic rings. The second-order valence-electron chi connectivity index (χ2n) is 10.3. The van der Waals surface area contributed by atoms with Crippen LogP contribution in [-0.2, 0) is 16.0 Å². The average molecular weight is 428 g/mol. The number of nitrogens with zero attached hydrogens (tertiary/aromatic N) is 3. The van der Waals surface area contributed by atoms with Crippen molar-refractivity contribution < 1.29 is 14.3 Å². The fourth-order valence-electron chi connectivity index (χ4n) is 6.25. The molecule has 1 aromatic rings. The summed E-state index contributed by atoms with van der Waals surface area (Å²) < 4.78 is 5.21. The summed E-state index contributed by atoms with van der Waals surface area (Å²) in [6.45, 7) is 9.78. The number of ether oxygens (including phenoxy) is 1. The number of piperidine rings is 1. The molecular formula is C25H37N3O3. The van der Waals surface area contributed by atoms with E-state index in [2.05, 4.69) is 18.7 Å². The Hall–Kier alpha value is -2.08. The molecule has 1 atom stereocenters. The van der Waals surface area contributed by atoms with Crippen LogP contribution in [0, 0.1) is 16.7 Å². The molecule has 31 heavy (non-hydrogen) atoms. The van der Waals surface area contributed by atoms with Crippen LogP contribution in [0.2, 0.25) is 0 Å². The van der Waals surface area contributed by atoms with Gasteiger partial charge in [-0.2, -0.15) is 0 Å². The maximum atomic E-state index is 13.4. The lowest BCUT2D eigenvalue weighted by Gasteiger charge is -2.47. The molecule has 3 saturated heterocycles. The first-order chi connectivity index (χ1) is 14.8. The normalized spacial score (nSPS) is 25.9. The van der Waals surface area contributed by atoms with Gasteiger partial charge >= 0.3 is 0 Å². The summed E-state index contributed by atoms with van der Waals surface area (Å²) in [5.74, 6) is 1.91. The van der Waals surface area contributed by atoms with Crippen LogP contribution in [-0.4, -0.2) is 79.9 Å². The molecule has 170 valence electrons. The van der Waals surface area contributed by atoms with E-state index in [1.54, 1.807) is 7.11 Å². The van der Waals surface area contributed by atoms with Gasteiger partial charge in [-0.25, -0.2) is 0 Å². The number of fused-ring (bicyclic) bond motifs is 1. The van der Waals surface area contributed by atoms with Gasteiger partial charge in [0.25, 0.3) is 0 Å². The molecule has 2 amide bonds. The van der Waals surface area contributed by atoms with Crippen molar-refractivity contribution >= 4 is 11.8 Å². The fraction of sp³-hybridized carbons (Fsp3) is 0.680. The summed E-state index contributed by atoms with van der Waals surface area (Å²) in [7, 11) is 3.60. The molecule has 3 fully saturated rings. The maximum absolute atomic E-state index is 13.4. The molecule has 3 aliphatic heterocycles. The molecule has 6 heteroatoms. The number of likely N-dealkylation sites (tertiary alicyclic amines) is 3.